The summed E-state index contributed by atoms with van der Waals surface area (Å²) >= 11 is 3.36. The second-order valence-corrected chi connectivity index (χ2v) is 10.1. The third-order valence-corrected chi connectivity index (χ3v) is 6.90. The molecule has 0 aliphatic carbocycles. The van der Waals surface area contributed by atoms with Gasteiger partial charge in [0.25, 0.3) is 5.91 Å². The lowest BCUT2D eigenvalue weighted by Crippen LogP contribution is -2.28. The van der Waals surface area contributed by atoms with Crippen molar-refractivity contribution in [3.8, 4) is 11.1 Å². The van der Waals surface area contributed by atoms with Crippen LogP contribution in [0.1, 0.15) is 40.0 Å². The molecule has 0 aliphatic heterocycles. The van der Waals surface area contributed by atoms with Gasteiger partial charge in [-0.15, -0.1) is 0 Å². The topological polar surface area (TPSA) is 122 Å². The number of nitrogen functional groups attached to an aromatic ring is 1. The van der Waals surface area contributed by atoms with Crippen molar-refractivity contribution in [2.24, 2.45) is 0 Å². The zero-order valence-corrected chi connectivity index (χ0v) is 22.6. The van der Waals surface area contributed by atoms with E-state index in [2.05, 4.69) is 46.7 Å². The number of nitrogens with two attached hydrogens (primary N) is 1. The van der Waals surface area contributed by atoms with Crippen molar-refractivity contribution in [2.75, 3.05) is 11.1 Å². The lowest BCUT2D eigenvalue weighted by Gasteiger charge is -2.18. The SMILES string of the molecule is CC(NC(=O)c1cc(C(F)(F)F)cnc1NCc1ccc(-c2cnc3[nH]nc(N)c3c2)cc1)c1ccc(Br)cc1. The van der Waals surface area contributed by atoms with Gasteiger partial charge in [0.15, 0.2) is 11.5 Å². The van der Waals surface area contributed by atoms with Crippen LogP contribution in [-0.4, -0.2) is 26.1 Å². The van der Waals surface area contributed by atoms with E-state index < -0.39 is 23.7 Å². The molecule has 1 unspecified atom stereocenters. The van der Waals surface area contributed by atoms with Crippen LogP contribution in [0.5, 0.6) is 0 Å². The van der Waals surface area contributed by atoms with Gasteiger partial charge in [0, 0.05) is 29.0 Å². The molecule has 0 bridgehead atoms. The van der Waals surface area contributed by atoms with E-state index in [9.17, 15) is 18.0 Å². The van der Waals surface area contributed by atoms with Crippen LogP contribution >= 0.6 is 15.9 Å². The maximum Gasteiger partial charge on any atom is 0.417 e. The molecule has 0 aliphatic rings. The molecule has 5 N–H and O–H groups in total. The Labute approximate surface area is 235 Å². The van der Waals surface area contributed by atoms with Crippen LogP contribution in [0.4, 0.5) is 24.8 Å². The highest BCUT2D eigenvalue weighted by Crippen LogP contribution is 2.31. The molecule has 3 heterocycles. The highest BCUT2D eigenvalue weighted by Gasteiger charge is 2.32. The summed E-state index contributed by atoms with van der Waals surface area (Å²) < 4.78 is 41.2. The number of aromatic nitrogens is 4. The van der Waals surface area contributed by atoms with Crippen LogP contribution in [0.15, 0.2) is 77.5 Å². The molecule has 0 spiro atoms. The van der Waals surface area contributed by atoms with E-state index >= 15 is 0 Å². The van der Waals surface area contributed by atoms with Crippen molar-refractivity contribution < 1.29 is 18.0 Å². The number of rotatable bonds is 7. The molecule has 3 aromatic heterocycles. The lowest BCUT2D eigenvalue weighted by molar-refractivity contribution is -0.137. The number of amides is 1. The molecule has 204 valence electrons. The van der Waals surface area contributed by atoms with Crippen molar-refractivity contribution in [2.45, 2.75) is 25.7 Å². The normalized spacial score (nSPS) is 12.3. The molecule has 0 saturated carbocycles. The van der Waals surface area contributed by atoms with E-state index in [1.807, 2.05) is 54.6 Å². The van der Waals surface area contributed by atoms with Gasteiger partial charge in [0.1, 0.15) is 5.82 Å². The average Bonchev–Trinajstić information content (AvgIpc) is 3.31. The van der Waals surface area contributed by atoms with E-state index in [4.69, 9.17) is 5.73 Å². The number of halogens is 4. The van der Waals surface area contributed by atoms with Crippen molar-refractivity contribution in [3.63, 3.8) is 0 Å². The van der Waals surface area contributed by atoms with E-state index in [0.717, 1.165) is 38.2 Å². The molecule has 1 atom stereocenters. The molecule has 1 amide bonds. The second-order valence-electron chi connectivity index (χ2n) is 9.14. The van der Waals surface area contributed by atoms with Crippen molar-refractivity contribution in [1.82, 2.24) is 25.5 Å². The fourth-order valence-corrected chi connectivity index (χ4v) is 4.39. The number of H-pyrrole nitrogens is 1. The molecule has 2 aromatic carbocycles. The third-order valence-electron chi connectivity index (χ3n) is 6.37. The maximum atomic E-state index is 13.4. The van der Waals surface area contributed by atoms with Gasteiger partial charge < -0.3 is 16.4 Å². The summed E-state index contributed by atoms with van der Waals surface area (Å²) in [6, 6.07) is 17.1. The van der Waals surface area contributed by atoms with E-state index in [-0.39, 0.29) is 17.9 Å². The standard InChI is InChI=1S/C28H23BrF3N7O/c1-15(17-6-8-21(29)9-7-17)37-27(40)23-11-20(28(30,31)32)14-36-25(23)34-12-16-2-4-18(5-3-16)19-10-22-24(33)38-39-26(22)35-13-19/h2-11,13-15H,12H2,1H3,(H,34,36)(H,37,40)(H3,33,35,38,39). The first-order valence-electron chi connectivity index (χ1n) is 12.1. The van der Waals surface area contributed by atoms with E-state index in [1.54, 1.807) is 13.1 Å². The van der Waals surface area contributed by atoms with Crippen LogP contribution < -0.4 is 16.4 Å². The van der Waals surface area contributed by atoms with Crippen LogP contribution in [0.3, 0.4) is 0 Å². The number of anilines is 2. The summed E-state index contributed by atoms with van der Waals surface area (Å²) in [4.78, 5) is 21.4. The minimum atomic E-state index is -4.65. The molecule has 5 aromatic rings. The van der Waals surface area contributed by atoms with Gasteiger partial charge in [-0.25, -0.2) is 9.97 Å². The Kier molecular flexibility index (Phi) is 7.44. The van der Waals surface area contributed by atoms with Gasteiger partial charge in [-0.2, -0.15) is 18.3 Å². The maximum absolute atomic E-state index is 13.4. The van der Waals surface area contributed by atoms with Crippen LogP contribution in [0, 0.1) is 0 Å². The molecule has 8 nitrogen and oxygen atoms in total. The second kappa shape index (κ2) is 11.0. The predicted molar refractivity (Wildman–Crippen MR) is 150 cm³/mol. The smallest absolute Gasteiger partial charge is 0.382 e. The highest BCUT2D eigenvalue weighted by atomic mass is 79.9. The number of nitrogens with one attached hydrogen (secondary N) is 3. The summed E-state index contributed by atoms with van der Waals surface area (Å²) in [5, 5.41) is 13.2. The van der Waals surface area contributed by atoms with Gasteiger partial charge in [-0.1, -0.05) is 52.3 Å². The number of benzene rings is 2. The molecule has 0 fully saturated rings. The Morgan fingerprint density at radius 3 is 2.45 bits per heavy atom. The van der Waals surface area contributed by atoms with Gasteiger partial charge in [0.05, 0.1) is 22.6 Å². The number of nitrogens with zero attached hydrogens (tertiary/aromatic N) is 3. The summed E-state index contributed by atoms with van der Waals surface area (Å²) in [6.45, 7) is 1.98. The van der Waals surface area contributed by atoms with E-state index in [1.165, 1.54) is 0 Å². The first-order valence-corrected chi connectivity index (χ1v) is 12.9. The van der Waals surface area contributed by atoms with Gasteiger partial charge in [-0.05, 0) is 47.9 Å². The minimum absolute atomic E-state index is 0.0441. The van der Waals surface area contributed by atoms with Crippen molar-refractivity contribution >= 4 is 44.5 Å². The number of hydrogen-bond acceptors (Lipinski definition) is 6. The molecule has 12 heteroatoms. The molecule has 5 rings (SSSR count). The fraction of sp³-hybridized carbons (Fsp3) is 0.143. The van der Waals surface area contributed by atoms with Gasteiger partial charge in [0.2, 0.25) is 0 Å². The summed E-state index contributed by atoms with van der Waals surface area (Å²) in [6.07, 6.45) is -2.22. The Balaban J connectivity index is 1.34. The van der Waals surface area contributed by atoms with Crippen LogP contribution in [0.25, 0.3) is 22.2 Å². The van der Waals surface area contributed by atoms with Crippen molar-refractivity contribution in [3.05, 3.63) is 99.8 Å². The predicted octanol–water partition coefficient (Wildman–Crippen LogP) is 6.49. The number of fused-ring (bicyclic) bond motifs is 1. The molecular formula is C28H23BrF3N7O. The third kappa shape index (κ3) is 5.91. The monoisotopic (exact) mass is 609 g/mol. The number of aromatic amines is 1. The molecular weight excluding hydrogens is 587 g/mol. The number of pyridine rings is 2. The minimum Gasteiger partial charge on any atom is -0.382 e. The largest absolute Gasteiger partial charge is 0.417 e. The van der Waals surface area contributed by atoms with E-state index in [0.29, 0.717) is 17.7 Å². The summed E-state index contributed by atoms with van der Waals surface area (Å²) in [5.74, 6) is -0.267. The zero-order valence-electron chi connectivity index (χ0n) is 21.1. The van der Waals surface area contributed by atoms with Crippen LogP contribution in [0.2, 0.25) is 0 Å². The number of carbonyl (C=O) groups excluding carboxylic acids is 1. The molecule has 0 radical (unpaired) electrons. The first kappa shape index (κ1) is 27.1. The number of hydrogen-bond donors (Lipinski definition) is 4. The molecule has 40 heavy (non-hydrogen) atoms. The van der Waals surface area contributed by atoms with Crippen LogP contribution in [-0.2, 0) is 12.7 Å². The number of carbonyl (C=O) groups is 1. The quantitative estimate of drug-likeness (QED) is 0.167. The Morgan fingerprint density at radius 1 is 1.02 bits per heavy atom. The first-order chi connectivity index (χ1) is 19.1. The number of alkyl halides is 3. The Bertz CT molecular complexity index is 1670. The zero-order chi connectivity index (χ0) is 28.4. The summed E-state index contributed by atoms with van der Waals surface area (Å²) in [7, 11) is 0. The van der Waals surface area contributed by atoms with Gasteiger partial charge >= 0.3 is 6.18 Å². The highest BCUT2D eigenvalue weighted by molar-refractivity contribution is 9.10. The van der Waals surface area contributed by atoms with Crippen molar-refractivity contribution in [1.29, 1.82) is 0 Å². The Hall–Kier alpha value is -4.45. The average molecular weight is 610 g/mol. The lowest BCUT2D eigenvalue weighted by atomic mass is 10.0. The summed E-state index contributed by atoms with van der Waals surface area (Å²) in [5.41, 5.74) is 8.65. The Morgan fingerprint density at radius 2 is 1.75 bits per heavy atom. The fourth-order valence-electron chi connectivity index (χ4n) is 4.12. The van der Waals surface area contributed by atoms with Gasteiger partial charge in [-0.3, -0.25) is 9.89 Å². The molecule has 0 saturated heterocycles.